The van der Waals surface area contributed by atoms with Gasteiger partial charge in [0, 0.05) is 38.3 Å². The van der Waals surface area contributed by atoms with Crippen LogP contribution in [-0.4, -0.2) is 57.7 Å². The van der Waals surface area contributed by atoms with Crippen molar-refractivity contribution >= 4 is 28.7 Å². The van der Waals surface area contributed by atoms with Crippen LogP contribution in [0.3, 0.4) is 0 Å². The highest BCUT2D eigenvalue weighted by Gasteiger charge is 2.33. The fourth-order valence-corrected chi connectivity index (χ4v) is 3.93. The van der Waals surface area contributed by atoms with Gasteiger partial charge in [-0.1, -0.05) is 6.58 Å². The molecule has 0 aliphatic carbocycles. The maximum absolute atomic E-state index is 12.6. The Morgan fingerprint density at radius 1 is 1.33 bits per heavy atom. The minimum atomic E-state index is -1.26. The molecule has 148 valence electrons. The van der Waals surface area contributed by atoms with Crippen LogP contribution >= 0.6 is 0 Å². The summed E-state index contributed by atoms with van der Waals surface area (Å²) in [6.07, 6.45) is 0.847. The molecule has 8 heteroatoms. The van der Waals surface area contributed by atoms with Crippen LogP contribution in [0.2, 0.25) is 0 Å². The summed E-state index contributed by atoms with van der Waals surface area (Å²) in [5.74, 6) is -0.0267. The first-order valence-corrected chi connectivity index (χ1v) is 9.84. The fraction of sp³-hybridized carbons (Fsp3) is 0.474. The second-order valence-electron chi connectivity index (χ2n) is 7.54. The molecule has 1 atom stereocenters. The standard InChI is InChI=1S/C19H27N3O4S/c1-6-17(23)20-15-7-9-16(10-8-15)27(25)22-12-14(13-22)11-21(5)18(24)26-19(2,3)4/h6-10,14H,1,11-13H2,2-5H3,(H,20,23). The summed E-state index contributed by atoms with van der Waals surface area (Å²) in [5, 5.41) is 2.65. The summed E-state index contributed by atoms with van der Waals surface area (Å²) < 4.78 is 19.8. The van der Waals surface area contributed by atoms with Crippen molar-refractivity contribution in [3.05, 3.63) is 36.9 Å². The third kappa shape index (κ3) is 6.18. The van der Waals surface area contributed by atoms with Gasteiger partial charge in [0.2, 0.25) is 5.91 Å². The molecule has 27 heavy (non-hydrogen) atoms. The Hall–Kier alpha value is -2.19. The first-order chi connectivity index (χ1) is 12.6. The van der Waals surface area contributed by atoms with Gasteiger partial charge in [-0.3, -0.25) is 4.79 Å². The molecule has 1 heterocycles. The molecule has 1 aromatic carbocycles. The van der Waals surface area contributed by atoms with Crippen molar-refractivity contribution in [2.24, 2.45) is 5.92 Å². The van der Waals surface area contributed by atoms with Gasteiger partial charge in [-0.2, -0.15) is 0 Å². The molecule has 0 spiro atoms. The Balaban J connectivity index is 1.81. The molecule has 2 amide bonds. The van der Waals surface area contributed by atoms with Crippen molar-refractivity contribution in [3.63, 3.8) is 0 Å². The van der Waals surface area contributed by atoms with Crippen LogP contribution in [0.4, 0.5) is 10.5 Å². The number of nitrogens with one attached hydrogen (secondary N) is 1. The van der Waals surface area contributed by atoms with E-state index in [1.165, 1.54) is 6.08 Å². The van der Waals surface area contributed by atoms with Crippen molar-refractivity contribution in [2.75, 3.05) is 32.0 Å². The molecule has 1 aliphatic heterocycles. The normalized spacial score (nSPS) is 16.1. The number of rotatable bonds is 6. The number of anilines is 1. The monoisotopic (exact) mass is 393 g/mol. The Morgan fingerprint density at radius 2 is 1.93 bits per heavy atom. The molecule has 0 bridgehead atoms. The van der Waals surface area contributed by atoms with Gasteiger partial charge in [0.15, 0.2) is 0 Å². The number of nitrogens with zero attached hydrogens (tertiary/aromatic N) is 2. The van der Waals surface area contributed by atoms with E-state index >= 15 is 0 Å². The van der Waals surface area contributed by atoms with Crippen LogP contribution in [0.5, 0.6) is 0 Å². The van der Waals surface area contributed by atoms with Gasteiger partial charge in [-0.25, -0.2) is 13.3 Å². The second-order valence-corrected chi connectivity index (χ2v) is 9.03. The van der Waals surface area contributed by atoms with Gasteiger partial charge in [0.05, 0.1) is 4.90 Å². The third-order valence-corrected chi connectivity index (χ3v) is 5.35. The average molecular weight is 394 g/mol. The van der Waals surface area contributed by atoms with Crippen molar-refractivity contribution < 1.29 is 18.5 Å². The van der Waals surface area contributed by atoms with E-state index in [-0.39, 0.29) is 17.9 Å². The Kier molecular flexibility index (Phi) is 6.78. The minimum Gasteiger partial charge on any atom is -0.444 e. The number of carbonyl (C=O) groups excluding carboxylic acids is 2. The zero-order valence-electron chi connectivity index (χ0n) is 16.2. The van der Waals surface area contributed by atoms with Gasteiger partial charge >= 0.3 is 6.09 Å². The highest BCUT2D eigenvalue weighted by molar-refractivity contribution is 7.82. The zero-order chi connectivity index (χ0) is 20.2. The number of hydrogen-bond donors (Lipinski definition) is 1. The summed E-state index contributed by atoms with van der Waals surface area (Å²) in [6, 6.07) is 6.88. The predicted molar refractivity (Wildman–Crippen MR) is 106 cm³/mol. The molecule has 1 unspecified atom stereocenters. The number of carbonyl (C=O) groups is 2. The van der Waals surface area contributed by atoms with Crippen LogP contribution < -0.4 is 5.32 Å². The van der Waals surface area contributed by atoms with E-state index in [2.05, 4.69) is 11.9 Å². The topological polar surface area (TPSA) is 79.0 Å². The summed E-state index contributed by atoms with van der Waals surface area (Å²) in [4.78, 5) is 25.5. The second kappa shape index (κ2) is 8.67. The maximum atomic E-state index is 12.6. The van der Waals surface area contributed by atoms with E-state index in [0.717, 1.165) is 0 Å². The molecule has 0 aromatic heterocycles. The Morgan fingerprint density at radius 3 is 2.44 bits per heavy atom. The Bertz CT molecular complexity index is 721. The molecule has 1 aliphatic rings. The molecule has 1 fully saturated rings. The van der Waals surface area contributed by atoms with Crippen LogP contribution in [-0.2, 0) is 20.5 Å². The van der Waals surface area contributed by atoms with Gasteiger partial charge in [0.1, 0.15) is 16.6 Å². The number of hydrogen-bond acceptors (Lipinski definition) is 4. The van der Waals surface area contributed by atoms with Crippen molar-refractivity contribution in [3.8, 4) is 0 Å². The van der Waals surface area contributed by atoms with Crippen molar-refractivity contribution in [2.45, 2.75) is 31.3 Å². The molecule has 7 nitrogen and oxygen atoms in total. The van der Waals surface area contributed by atoms with E-state index in [4.69, 9.17) is 4.74 Å². The van der Waals surface area contributed by atoms with Crippen LogP contribution in [0, 0.1) is 5.92 Å². The molecule has 0 radical (unpaired) electrons. The van der Waals surface area contributed by atoms with Crippen LogP contribution in [0.25, 0.3) is 0 Å². The first-order valence-electron chi connectivity index (χ1n) is 8.73. The van der Waals surface area contributed by atoms with Crippen molar-refractivity contribution in [1.29, 1.82) is 0 Å². The number of ether oxygens (including phenoxy) is 1. The lowest BCUT2D eigenvalue weighted by Gasteiger charge is -2.39. The smallest absolute Gasteiger partial charge is 0.410 e. The molecule has 2 rings (SSSR count). The average Bonchev–Trinajstić information content (AvgIpc) is 2.56. The largest absolute Gasteiger partial charge is 0.444 e. The van der Waals surface area contributed by atoms with E-state index < -0.39 is 16.6 Å². The quantitative estimate of drug-likeness (QED) is 0.754. The van der Waals surface area contributed by atoms with E-state index in [0.29, 0.717) is 30.2 Å². The highest BCUT2D eigenvalue weighted by Crippen LogP contribution is 2.24. The van der Waals surface area contributed by atoms with E-state index in [1.54, 1.807) is 36.2 Å². The van der Waals surface area contributed by atoms with Gasteiger partial charge in [0.25, 0.3) is 0 Å². The van der Waals surface area contributed by atoms with Gasteiger partial charge in [-0.15, -0.1) is 0 Å². The zero-order valence-corrected chi connectivity index (χ0v) is 17.0. The summed E-state index contributed by atoms with van der Waals surface area (Å²) in [5.41, 5.74) is 0.108. The molecule has 1 aromatic rings. The van der Waals surface area contributed by atoms with E-state index in [9.17, 15) is 13.8 Å². The predicted octanol–water partition coefficient (Wildman–Crippen LogP) is 2.63. The summed E-state index contributed by atoms with van der Waals surface area (Å²) in [7, 11) is 0.452. The molecular formula is C19H27N3O4S. The molecular weight excluding hydrogens is 366 g/mol. The maximum Gasteiger partial charge on any atom is 0.410 e. The van der Waals surface area contributed by atoms with Gasteiger partial charge < -0.3 is 15.0 Å². The molecule has 0 saturated carbocycles. The third-order valence-electron chi connectivity index (χ3n) is 3.90. The fourth-order valence-electron chi connectivity index (χ4n) is 2.57. The lowest BCUT2D eigenvalue weighted by Crippen LogP contribution is -2.52. The highest BCUT2D eigenvalue weighted by atomic mass is 32.2. The summed E-state index contributed by atoms with van der Waals surface area (Å²) >= 11 is 0. The SMILES string of the molecule is C=CC(=O)Nc1ccc(S(=O)N2CC(CN(C)C(=O)OC(C)(C)C)C2)cc1. The molecule has 1 saturated heterocycles. The number of amides is 2. The lowest BCUT2D eigenvalue weighted by molar-refractivity contribution is -0.111. The van der Waals surface area contributed by atoms with Gasteiger partial charge in [-0.05, 0) is 51.1 Å². The van der Waals surface area contributed by atoms with Crippen LogP contribution in [0.15, 0.2) is 41.8 Å². The van der Waals surface area contributed by atoms with E-state index in [1.807, 2.05) is 25.1 Å². The van der Waals surface area contributed by atoms with Crippen LogP contribution in [0.1, 0.15) is 20.8 Å². The lowest BCUT2D eigenvalue weighted by atomic mass is 10.0. The Labute approximate surface area is 162 Å². The van der Waals surface area contributed by atoms with Crippen molar-refractivity contribution in [1.82, 2.24) is 9.21 Å². The minimum absolute atomic E-state index is 0.262. The number of benzene rings is 1. The summed E-state index contributed by atoms with van der Waals surface area (Å²) in [6.45, 7) is 10.8. The first kappa shape index (κ1) is 21.1. The molecule has 1 N–H and O–H groups in total.